The highest BCUT2D eigenvalue weighted by Crippen LogP contribution is 2.27. The van der Waals surface area contributed by atoms with Gasteiger partial charge in [0.2, 0.25) is 0 Å². The average Bonchev–Trinajstić information content (AvgIpc) is 3.03. The smallest absolute Gasteiger partial charge is 0.263 e. The van der Waals surface area contributed by atoms with E-state index in [-0.39, 0.29) is 21.4 Å². The third-order valence-electron chi connectivity index (χ3n) is 5.97. The molecule has 0 unspecified atom stereocenters. The summed E-state index contributed by atoms with van der Waals surface area (Å²) in [6, 6.07) is 9.73. The monoisotopic (exact) mass is 477 g/mol. The van der Waals surface area contributed by atoms with Gasteiger partial charge in [-0.2, -0.15) is 0 Å². The van der Waals surface area contributed by atoms with Gasteiger partial charge < -0.3 is 10.2 Å². The van der Waals surface area contributed by atoms with E-state index in [0.717, 1.165) is 37.2 Å². The van der Waals surface area contributed by atoms with Crippen LogP contribution in [0, 0.1) is 13.8 Å². The van der Waals surface area contributed by atoms with E-state index in [4.69, 9.17) is 11.6 Å². The van der Waals surface area contributed by atoms with Crippen molar-refractivity contribution in [3.63, 3.8) is 0 Å². The normalized spacial score (nSPS) is 15.2. The van der Waals surface area contributed by atoms with Gasteiger partial charge in [-0.1, -0.05) is 36.6 Å². The van der Waals surface area contributed by atoms with Crippen LogP contribution >= 0.6 is 11.6 Å². The Labute approximate surface area is 196 Å². The third kappa shape index (κ3) is 6.47. The van der Waals surface area contributed by atoms with Gasteiger partial charge >= 0.3 is 0 Å². The van der Waals surface area contributed by atoms with Crippen LogP contribution in [-0.2, 0) is 10.0 Å². The van der Waals surface area contributed by atoms with Gasteiger partial charge in [-0.15, -0.1) is 0 Å². The van der Waals surface area contributed by atoms with Crippen molar-refractivity contribution in [2.45, 2.75) is 50.8 Å². The van der Waals surface area contributed by atoms with Crippen LogP contribution in [-0.4, -0.2) is 45.4 Å². The maximum atomic E-state index is 13.0. The number of hydrogen-bond acceptors (Lipinski definition) is 4. The highest BCUT2D eigenvalue weighted by atomic mass is 35.5. The molecule has 0 saturated carbocycles. The molecule has 1 saturated heterocycles. The van der Waals surface area contributed by atoms with Gasteiger partial charge in [-0.25, -0.2) is 8.42 Å². The molecule has 8 heteroatoms. The first kappa shape index (κ1) is 24.6. The second-order valence-corrected chi connectivity index (χ2v) is 10.4. The number of sulfonamides is 1. The molecule has 0 bridgehead atoms. The number of anilines is 1. The lowest BCUT2D eigenvalue weighted by Gasteiger charge is -2.19. The average molecular weight is 478 g/mol. The molecule has 0 spiro atoms. The zero-order valence-corrected chi connectivity index (χ0v) is 20.4. The molecule has 0 aromatic heterocycles. The van der Waals surface area contributed by atoms with Gasteiger partial charge in [0.1, 0.15) is 4.90 Å². The van der Waals surface area contributed by atoms with Crippen molar-refractivity contribution in [1.82, 2.24) is 10.2 Å². The van der Waals surface area contributed by atoms with Crippen LogP contribution in [0.1, 0.15) is 53.6 Å². The van der Waals surface area contributed by atoms with Crippen LogP contribution < -0.4 is 10.0 Å². The topological polar surface area (TPSA) is 78.5 Å². The van der Waals surface area contributed by atoms with Crippen LogP contribution in [0.5, 0.6) is 0 Å². The van der Waals surface area contributed by atoms with Gasteiger partial charge in [0, 0.05) is 12.1 Å². The first-order valence-corrected chi connectivity index (χ1v) is 13.0. The van der Waals surface area contributed by atoms with E-state index >= 15 is 0 Å². The predicted octanol–water partition coefficient (Wildman–Crippen LogP) is 4.75. The number of aryl methyl sites for hydroxylation is 1. The lowest BCUT2D eigenvalue weighted by Crippen LogP contribution is -2.30. The second kappa shape index (κ2) is 11.2. The van der Waals surface area contributed by atoms with E-state index in [2.05, 4.69) is 14.9 Å². The summed E-state index contributed by atoms with van der Waals surface area (Å²) in [5.74, 6) is -0.305. The third-order valence-corrected chi connectivity index (χ3v) is 7.81. The largest absolute Gasteiger partial charge is 0.352 e. The minimum absolute atomic E-state index is 0.0699. The molecule has 0 atom stereocenters. The molecule has 1 amide bonds. The molecule has 2 aromatic carbocycles. The summed E-state index contributed by atoms with van der Waals surface area (Å²) in [6.07, 6.45) is 5.94. The highest BCUT2D eigenvalue weighted by molar-refractivity contribution is 7.92. The summed E-state index contributed by atoms with van der Waals surface area (Å²) >= 11 is 6.19. The number of halogens is 1. The Morgan fingerprint density at radius 2 is 1.78 bits per heavy atom. The summed E-state index contributed by atoms with van der Waals surface area (Å²) in [5, 5.41) is 2.96. The molecule has 3 rings (SSSR count). The Bertz CT molecular complexity index is 1050. The fourth-order valence-corrected chi connectivity index (χ4v) is 5.53. The predicted molar refractivity (Wildman–Crippen MR) is 130 cm³/mol. The van der Waals surface area contributed by atoms with E-state index in [1.165, 1.54) is 37.8 Å². The Morgan fingerprint density at radius 3 is 2.50 bits per heavy atom. The molecule has 32 heavy (non-hydrogen) atoms. The van der Waals surface area contributed by atoms with Gasteiger partial charge in [-0.05, 0) is 88.1 Å². The number of hydrogen-bond donors (Lipinski definition) is 2. The first-order valence-electron chi connectivity index (χ1n) is 11.2. The molecule has 1 heterocycles. The van der Waals surface area contributed by atoms with Crippen molar-refractivity contribution in [3.8, 4) is 0 Å². The van der Waals surface area contributed by atoms with Crippen molar-refractivity contribution in [2.24, 2.45) is 0 Å². The quantitative estimate of drug-likeness (QED) is 0.537. The summed E-state index contributed by atoms with van der Waals surface area (Å²) in [6.45, 7) is 7.52. The molecule has 1 aliphatic rings. The van der Waals surface area contributed by atoms with E-state index < -0.39 is 10.0 Å². The fraction of sp³-hybridized carbons (Fsp3) is 0.458. The van der Waals surface area contributed by atoms with Crippen LogP contribution in [0.25, 0.3) is 0 Å². The van der Waals surface area contributed by atoms with Crippen molar-refractivity contribution in [3.05, 3.63) is 58.1 Å². The van der Waals surface area contributed by atoms with E-state index in [1.54, 1.807) is 18.2 Å². The SMILES string of the molecule is Cc1cccc(NS(=O)(=O)c2cc(C(=O)NCCCN3CCCCCC3)ccc2Cl)c1C. The fourth-order valence-electron chi connectivity index (χ4n) is 3.88. The number of carbonyl (C=O) groups excluding carboxylic acids is 1. The van der Waals surface area contributed by atoms with Crippen molar-refractivity contribution < 1.29 is 13.2 Å². The Hall–Kier alpha value is -2.09. The van der Waals surface area contributed by atoms with E-state index in [9.17, 15) is 13.2 Å². The van der Waals surface area contributed by atoms with E-state index in [1.807, 2.05) is 19.9 Å². The standard InChI is InChI=1S/C24H32ClN3O3S/c1-18-9-7-10-22(19(18)2)27-32(30,31)23-17-20(11-12-21(23)25)24(29)26-13-8-16-28-14-5-3-4-6-15-28/h7,9-12,17,27H,3-6,8,13-16H2,1-2H3,(H,26,29). The van der Waals surface area contributed by atoms with Crippen LogP contribution in [0.15, 0.2) is 41.3 Å². The Morgan fingerprint density at radius 1 is 1.06 bits per heavy atom. The zero-order valence-electron chi connectivity index (χ0n) is 18.8. The molecule has 174 valence electrons. The molecule has 0 radical (unpaired) electrons. The Balaban J connectivity index is 1.63. The minimum atomic E-state index is -3.95. The van der Waals surface area contributed by atoms with Gasteiger partial charge in [0.05, 0.1) is 10.7 Å². The second-order valence-electron chi connectivity index (χ2n) is 8.36. The molecular formula is C24H32ClN3O3S. The van der Waals surface area contributed by atoms with Crippen molar-refractivity contribution >= 4 is 33.2 Å². The number of nitrogens with zero attached hydrogens (tertiary/aromatic N) is 1. The molecule has 1 aliphatic heterocycles. The maximum Gasteiger partial charge on any atom is 0.263 e. The lowest BCUT2D eigenvalue weighted by molar-refractivity contribution is 0.0951. The van der Waals surface area contributed by atoms with Crippen LogP contribution in [0.4, 0.5) is 5.69 Å². The Kier molecular flexibility index (Phi) is 8.57. The number of rotatable bonds is 8. The van der Waals surface area contributed by atoms with Crippen LogP contribution in [0.2, 0.25) is 5.02 Å². The number of benzene rings is 2. The van der Waals surface area contributed by atoms with Gasteiger partial charge in [0.15, 0.2) is 0 Å². The number of nitrogens with one attached hydrogen (secondary N) is 2. The zero-order chi connectivity index (χ0) is 23.1. The number of amides is 1. The molecule has 2 N–H and O–H groups in total. The number of carbonyl (C=O) groups is 1. The summed E-state index contributed by atoms with van der Waals surface area (Å²) in [5.41, 5.74) is 2.57. The first-order chi connectivity index (χ1) is 15.3. The molecule has 2 aromatic rings. The minimum Gasteiger partial charge on any atom is -0.352 e. The molecule has 6 nitrogen and oxygen atoms in total. The summed E-state index contributed by atoms with van der Waals surface area (Å²) < 4.78 is 28.6. The molecule has 1 fully saturated rings. The lowest BCUT2D eigenvalue weighted by atomic mass is 10.1. The number of likely N-dealkylation sites (tertiary alicyclic amines) is 1. The molecular weight excluding hydrogens is 446 g/mol. The van der Waals surface area contributed by atoms with Crippen molar-refractivity contribution in [2.75, 3.05) is 30.9 Å². The summed E-state index contributed by atoms with van der Waals surface area (Å²) in [4.78, 5) is 15.0. The van der Waals surface area contributed by atoms with Gasteiger partial charge in [-0.3, -0.25) is 9.52 Å². The van der Waals surface area contributed by atoms with Gasteiger partial charge in [0.25, 0.3) is 15.9 Å². The maximum absolute atomic E-state index is 13.0. The highest BCUT2D eigenvalue weighted by Gasteiger charge is 2.21. The van der Waals surface area contributed by atoms with Crippen molar-refractivity contribution in [1.29, 1.82) is 0 Å². The van der Waals surface area contributed by atoms with E-state index in [0.29, 0.717) is 12.2 Å². The molecule has 0 aliphatic carbocycles. The summed E-state index contributed by atoms with van der Waals surface area (Å²) in [7, 11) is -3.95. The van der Waals surface area contributed by atoms with Crippen LogP contribution in [0.3, 0.4) is 0 Å².